The molecule has 0 radical (unpaired) electrons. The summed E-state index contributed by atoms with van der Waals surface area (Å²) in [4.78, 5) is 28.2. The number of nitrogens with one attached hydrogen (secondary N) is 1. The fraction of sp³-hybridized carbons (Fsp3) is 0.286. The Bertz CT molecular complexity index is 1370. The number of amides is 2. The number of para-hydroxylation sites is 1. The maximum atomic E-state index is 14.0. The number of carbonyl (C=O) groups excluding carboxylic acids is 2. The average molecular weight is 595 g/mol. The van der Waals surface area contributed by atoms with Crippen LogP contribution in [0.25, 0.3) is 0 Å². The maximum absolute atomic E-state index is 14.0. The second-order valence-electron chi connectivity index (χ2n) is 8.74. The summed E-state index contributed by atoms with van der Waals surface area (Å²) in [7, 11) is -4.29. The molecule has 3 aromatic rings. The topological polar surface area (TPSA) is 86.8 Å². The van der Waals surface area contributed by atoms with Crippen LogP contribution in [0.3, 0.4) is 0 Å². The average Bonchev–Trinajstić information content (AvgIpc) is 2.92. The highest BCUT2D eigenvalue weighted by molar-refractivity contribution is 7.92. The van der Waals surface area contributed by atoms with E-state index in [4.69, 9.17) is 23.2 Å². The fourth-order valence-corrected chi connectivity index (χ4v) is 5.93. The molecule has 1 atom stereocenters. The third-order valence-corrected chi connectivity index (χ3v) is 8.55. The molecule has 0 aromatic heterocycles. The Hall–Kier alpha value is -3.14. The van der Waals surface area contributed by atoms with E-state index in [0.717, 1.165) is 28.6 Å². The number of carbonyl (C=O) groups is 2. The highest BCUT2D eigenvalue weighted by Crippen LogP contribution is 2.28. The molecule has 3 rings (SSSR count). The highest BCUT2D eigenvalue weighted by Gasteiger charge is 2.34. The van der Waals surface area contributed by atoms with E-state index >= 15 is 0 Å². The smallest absolute Gasteiger partial charge is 0.264 e. The summed E-state index contributed by atoms with van der Waals surface area (Å²) in [5.41, 5.74) is 0.665. The molecule has 0 bridgehead atoms. The zero-order valence-electron chi connectivity index (χ0n) is 21.6. The molecule has 0 spiro atoms. The van der Waals surface area contributed by atoms with Crippen molar-refractivity contribution in [2.75, 3.05) is 17.4 Å². The summed E-state index contributed by atoms with van der Waals surface area (Å²) >= 11 is 12.8. The molecule has 2 amide bonds. The fourth-order valence-electron chi connectivity index (χ4n) is 4.00. The van der Waals surface area contributed by atoms with Gasteiger partial charge in [0.05, 0.1) is 10.6 Å². The van der Waals surface area contributed by atoms with Crippen LogP contribution in [0, 0.1) is 5.82 Å². The van der Waals surface area contributed by atoms with E-state index in [1.807, 2.05) is 6.92 Å². The van der Waals surface area contributed by atoms with Crippen molar-refractivity contribution >= 4 is 50.7 Å². The van der Waals surface area contributed by atoms with E-state index in [2.05, 4.69) is 5.32 Å². The molecule has 3 aromatic carbocycles. The van der Waals surface area contributed by atoms with Gasteiger partial charge in [0.1, 0.15) is 18.4 Å². The Labute approximate surface area is 238 Å². The standard InChI is InChI=1S/C28H30Cl2FN3O4S/c1-3-17-32-28(36)26(4-2)33(18-23-24(29)11-8-12-25(23)30)27(35)19-34(21-9-6-5-7-10-21)39(37,38)22-15-13-20(31)14-16-22/h5-16,26H,3-4,17-19H2,1-2H3,(H,32,36)/t26-/m0/s1. The van der Waals surface area contributed by atoms with Crippen LogP contribution in [-0.4, -0.2) is 44.3 Å². The lowest BCUT2D eigenvalue weighted by molar-refractivity contribution is -0.140. The number of benzene rings is 3. The molecule has 1 N–H and O–H groups in total. The Balaban J connectivity index is 2.06. The van der Waals surface area contributed by atoms with E-state index in [0.29, 0.717) is 28.6 Å². The minimum atomic E-state index is -4.29. The number of sulfonamides is 1. The first-order chi connectivity index (χ1) is 18.6. The molecule has 39 heavy (non-hydrogen) atoms. The molecule has 7 nitrogen and oxygen atoms in total. The van der Waals surface area contributed by atoms with E-state index < -0.39 is 34.3 Å². The predicted octanol–water partition coefficient (Wildman–Crippen LogP) is 5.66. The third kappa shape index (κ3) is 7.50. The van der Waals surface area contributed by atoms with E-state index in [-0.39, 0.29) is 29.5 Å². The number of rotatable bonds is 12. The Kier molecular flexibility index (Phi) is 10.7. The van der Waals surface area contributed by atoms with Crippen LogP contribution in [-0.2, 0) is 26.2 Å². The van der Waals surface area contributed by atoms with Crippen LogP contribution in [0.15, 0.2) is 77.7 Å². The van der Waals surface area contributed by atoms with Crippen molar-refractivity contribution < 1.29 is 22.4 Å². The zero-order chi connectivity index (χ0) is 28.6. The lowest BCUT2D eigenvalue weighted by Gasteiger charge is -2.33. The summed E-state index contributed by atoms with van der Waals surface area (Å²) in [5, 5.41) is 3.43. The molecule has 11 heteroatoms. The summed E-state index contributed by atoms with van der Waals surface area (Å²) in [6.45, 7) is 3.35. The number of nitrogens with zero attached hydrogens (tertiary/aromatic N) is 2. The number of anilines is 1. The van der Waals surface area contributed by atoms with E-state index in [9.17, 15) is 22.4 Å². The maximum Gasteiger partial charge on any atom is 0.264 e. The minimum absolute atomic E-state index is 0.116. The summed E-state index contributed by atoms with van der Waals surface area (Å²) in [6.07, 6.45) is 0.962. The van der Waals surface area contributed by atoms with Crippen LogP contribution >= 0.6 is 23.2 Å². The monoisotopic (exact) mass is 593 g/mol. The molecule has 0 aliphatic rings. The van der Waals surface area contributed by atoms with Crippen molar-refractivity contribution in [3.8, 4) is 0 Å². The van der Waals surface area contributed by atoms with Crippen LogP contribution in [0.1, 0.15) is 32.3 Å². The first-order valence-electron chi connectivity index (χ1n) is 12.4. The van der Waals surface area contributed by atoms with Crippen molar-refractivity contribution in [1.82, 2.24) is 10.2 Å². The van der Waals surface area contributed by atoms with Gasteiger partial charge in [0, 0.05) is 28.7 Å². The van der Waals surface area contributed by atoms with Gasteiger partial charge in [-0.05, 0) is 61.4 Å². The van der Waals surface area contributed by atoms with Gasteiger partial charge in [-0.1, -0.05) is 61.3 Å². The molecular formula is C28H30Cl2FN3O4S. The Morgan fingerprint density at radius 2 is 1.54 bits per heavy atom. The van der Waals surface area contributed by atoms with Crippen molar-refractivity contribution in [2.24, 2.45) is 0 Å². The van der Waals surface area contributed by atoms with Gasteiger partial charge in [0.15, 0.2) is 0 Å². The lowest BCUT2D eigenvalue weighted by Crippen LogP contribution is -2.52. The van der Waals surface area contributed by atoms with Crippen LogP contribution in [0.4, 0.5) is 10.1 Å². The quantitative estimate of drug-likeness (QED) is 0.293. The number of hydrogen-bond donors (Lipinski definition) is 1. The molecule has 208 valence electrons. The van der Waals surface area contributed by atoms with Gasteiger partial charge in [-0.25, -0.2) is 12.8 Å². The van der Waals surface area contributed by atoms with Crippen molar-refractivity contribution in [2.45, 2.75) is 44.2 Å². The van der Waals surface area contributed by atoms with Crippen molar-refractivity contribution in [3.05, 3.63) is 94.2 Å². The lowest BCUT2D eigenvalue weighted by atomic mass is 10.1. The van der Waals surface area contributed by atoms with E-state index in [1.165, 1.54) is 4.90 Å². The second kappa shape index (κ2) is 13.8. The van der Waals surface area contributed by atoms with Gasteiger partial charge in [0.2, 0.25) is 11.8 Å². The van der Waals surface area contributed by atoms with Gasteiger partial charge >= 0.3 is 0 Å². The molecule has 0 heterocycles. The predicted molar refractivity (Wildman–Crippen MR) is 152 cm³/mol. The first-order valence-corrected chi connectivity index (χ1v) is 14.6. The largest absolute Gasteiger partial charge is 0.354 e. The van der Waals surface area contributed by atoms with E-state index in [1.54, 1.807) is 55.5 Å². The van der Waals surface area contributed by atoms with Gasteiger partial charge in [-0.15, -0.1) is 0 Å². The van der Waals surface area contributed by atoms with Gasteiger partial charge in [-0.3, -0.25) is 13.9 Å². The summed E-state index contributed by atoms with van der Waals surface area (Å²) < 4.78 is 41.9. The van der Waals surface area contributed by atoms with Gasteiger partial charge < -0.3 is 10.2 Å². The molecule has 0 saturated carbocycles. The second-order valence-corrected chi connectivity index (χ2v) is 11.4. The number of hydrogen-bond acceptors (Lipinski definition) is 4. The molecule has 0 aliphatic carbocycles. The normalized spacial score (nSPS) is 12.0. The highest BCUT2D eigenvalue weighted by atomic mass is 35.5. The van der Waals surface area contributed by atoms with Gasteiger partial charge in [-0.2, -0.15) is 0 Å². The van der Waals surface area contributed by atoms with Crippen LogP contribution in [0.2, 0.25) is 10.0 Å². The third-order valence-electron chi connectivity index (χ3n) is 6.05. The minimum Gasteiger partial charge on any atom is -0.354 e. The Morgan fingerprint density at radius 1 is 0.923 bits per heavy atom. The number of halogens is 3. The van der Waals surface area contributed by atoms with Crippen molar-refractivity contribution in [1.29, 1.82) is 0 Å². The molecule has 0 saturated heterocycles. The zero-order valence-corrected chi connectivity index (χ0v) is 23.9. The summed E-state index contributed by atoms with van der Waals surface area (Å²) in [6, 6.07) is 16.4. The van der Waals surface area contributed by atoms with Crippen LogP contribution in [0.5, 0.6) is 0 Å². The van der Waals surface area contributed by atoms with Gasteiger partial charge in [0.25, 0.3) is 10.0 Å². The summed E-state index contributed by atoms with van der Waals surface area (Å²) in [5.74, 6) is -1.61. The van der Waals surface area contributed by atoms with Crippen molar-refractivity contribution in [3.63, 3.8) is 0 Å². The van der Waals surface area contributed by atoms with Crippen LogP contribution < -0.4 is 9.62 Å². The molecule has 0 aliphatic heterocycles. The molecule has 0 fully saturated rings. The molecular weight excluding hydrogens is 564 g/mol. The first kappa shape index (κ1) is 30.4. The SMILES string of the molecule is CCCNC(=O)[C@H](CC)N(Cc1c(Cl)cccc1Cl)C(=O)CN(c1ccccc1)S(=O)(=O)c1ccc(F)cc1. The molecule has 0 unspecified atom stereocenters. The Morgan fingerprint density at radius 3 is 2.10 bits per heavy atom.